The smallest absolute Gasteiger partial charge is 0.304 e. The van der Waals surface area contributed by atoms with E-state index in [2.05, 4.69) is 0 Å². The van der Waals surface area contributed by atoms with Gasteiger partial charge in [-0.05, 0) is 30.3 Å². The summed E-state index contributed by atoms with van der Waals surface area (Å²) in [6.07, 6.45) is 0.153. The zero-order valence-corrected chi connectivity index (χ0v) is 12.7. The lowest BCUT2D eigenvalue weighted by Crippen LogP contribution is -2.21. The minimum Gasteiger partial charge on any atom is -0.489 e. The largest absolute Gasteiger partial charge is 0.489 e. The number of carboxylic acid groups (broad SMARTS) is 1. The van der Waals surface area contributed by atoms with Gasteiger partial charge in [-0.25, -0.2) is 0 Å². The normalized spacial score (nSPS) is 10.6. The maximum atomic E-state index is 10.6. The van der Waals surface area contributed by atoms with Crippen molar-refractivity contribution < 1.29 is 14.6 Å². The van der Waals surface area contributed by atoms with Crippen molar-refractivity contribution >= 4 is 5.97 Å². The Hall–Kier alpha value is -2.33. The quantitative estimate of drug-likeness (QED) is 0.813. The molecule has 0 aliphatic carbocycles. The maximum absolute atomic E-state index is 10.6. The van der Waals surface area contributed by atoms with Crippen LogP contribution in [0.2, 0.25) is 0 Å². The highest BCUT2D eigenvalue weighted by atomic mass is 16.5. The molecule has 0 saturated heterocycles. The van der Waals surface area contributed by atoms with Gasteiger partial charge in [0, 0.05) is 13.1 Å². The second-order valence-corrected chi connectivity index (χ2v) is 5.30. The van der Waals surface area contributed by atoms with Crippen LogP contribution in [-0.2, 0) is 17.9 Å². The van der Waals surface area contributed by atoms with E-state index >= 15 is 0 Å². The van der Waals surface area contributed by atoms with Crippen LogP contribution in [0, 0.1) is 0 Å². The van der Waals surface area contributed by atoms with Crippen LogP contribution in [0.4, 0.5) is 0 Å². The molecule has 0 aliphatic heterocycles. The van der Waals surface area contributed by atoms with Crippen LogP contribution in [-0.4, -0.2) is 29.6 Å². The van der Waals surface area contributed by atoms with Gasteiger partial charge in [0.05, 0.1) is 6.42 Å². The molecule has 116 valence electrons. The number of rotatable bonds is 8. The van der Waals surface area contributed by atoms with E-state index in [1.807, 2.05) is 66.5 Å². The van der Waals surface area contributed by atoms with E-state index in [0.29, 0.717) is 19.7 Å². The maximum Gasteiger partial charge on any atom is 0.304 e. The van der Waals surface area contributed by atoms with Crippen LogP contribution in [0.25, 0.3) is 0 Å². The topological polar surface area (TPSA) is 49.8 Å². The first kappa shape index (κ1) is 16.0. The number of hydrogen-bond acceptors (Lipinski definition) is 3. The first-order valence-electron chi connectivity index (χ1n) is 7.29. The van der Waals surface area contributed by atoms with Crippen molar-refractivity contribution in [2.45, 2.75) is 19.6 Å². The zero-order chi connectivity index (χ0) is 15.8. The van der Waals surface area contributed by atoms with Crippen molar-refractivity contribution in [2.24, 2.45) is 0 Å². The second kappa shape index (κ2) is 8.20. The standard InChI is InChI=1S/C18H21NO3/c1-19(11-10-18(20)21)13-16-8-5-9-17(12-16)22-14-15-6-3-2-4-7-15/h2-9,12H,10-11,13-14H2,1H3,(H,20,21). The fourth-order valence-electron chi connectivity index (χ4n) is 2.15. The van der Waals surface area contributed by atoms with E-state index in [9.17, 15) is 4.79 Å². The molecule has 0 spiro atoms. The van der Waals surface area contributed by atoms with E-state index in [1.165, 1.54) is 0 Å². The van der Waals surface area contributed by atoms with E-state index < -0.39 is 5.97 Å². The third-order valence-corrected chi connectivity index (χ3v) is 3.31. The van der Waals surface area contributed by atoms with Gasteiger partial charge in [-0.1, -0.05) is 42.5 Å². The molecular weight excluding hydrogens is 278 g/mol. The minimum absolute atomic E-state index is 0.153. The summed E-state index contributed by atoms with van der Waals surface area (Å²) in [5, 5.41) is 8.70. The Morgan fingerprint density at radius 1 is 1.09 bits per heavy atom. The molecule has 0 radical (unpaired) electrons. The highest BCUT2D eigenvalue weighted by Crippen LogP contribution is 2.16. The number of benzene rings is 2. The fraction of sp³-hybridized carbons (Fsp3) is 0.278. The molecule has 0 bridgehead atoms. The summed E-state index contributed by atoms with van der Waals surface area (Å²) >= 11 is 0. The van der Waals surface area contributed by atoms with Gasteiger partial charge < -0.3 is 14.7 Å². The van der Waals surface area contributed by atoms with Crippen molar-refractivity contribution in [3.05, 3.63) is 65.7 Å². The molecule has 4 nitrogen and oxygen atoms in total. The predicted molar refractivity (Wildman–Crippen MR) is 85.8 cm³/mol. The van der Waals surface area contributed by atoms with E-state index in [0.717, 1.165) is 16.9 Å². The van der Waals surface area contributed by atoms with Crippen molar-refractivity contribution in [1.82, 2.24) is 4.90 Å². The lowest BCUT2D eigenvalue weighted by molar-refractivity contribution is -0.137. The molecule has 2 aromatic rings. The van der Waals surface area contributed by atoms with Crippen molar-refractivity contribution in [1.29, 1.82) is 0 Å². The number of carboxylic acids is 1. The molecule has 0 heterocycles. The third-order valence-electron chi connectivity index (χ3n) is 3.31. The predicted octanol–water partition coefficient (Wildman–Crippen LogP) is 3.17. The van der Waals surface area contributed by atoms with E-state index in [4.69, 9.17) is 9.84 Å². The Bertz CT molecular complexity index is 598. The number of hydrogen-bond donors (Lipinski definition) is 1. The Kier molecular flexibility index (Phi) is 5.98. The minimum atomic E-state index is -0.771. The first-order valence-corrected chi connectivity index (χ1v) is 7.29. The van der Waals surface area contributed by atoms with Crippen LogP contribution in [0.15, 0.2) is 54.6 Å². The lowest BCUT2D eigenvalue weighted by Gasteiger charge is -2.16. The molecule has 0 aliphatic rings. The van der Waals surface area contributed by atoms with Crippen LogP contribution >= 0.6 is 0 Å². The Morgan fingerprint density at radius 2 is 1.82 bits per heavy atom. The van der Waals surface area contributed by atoms with Crippen molar-refractivity contribution in [3.8, 4) is 5.75 Å². The molecule has 1 N–H and O–H groups in total. The Balaban J connectivity index is 1.88. The summed E-state index contributed by atoms with van der Waals surface area (Å²) in [5.41, 5.74) is 2.24. The van der Waals surface area contributed by atoms with E-state index in [-0.39, 0.29) is 6.42 Å². The van der Waals surface area contributed by atoms with Crippen molar-refractivity contribution in [2.75, 3.05) is 13.6 Å². The summed E-state index contributed by atoms with van der Waals surface area (Å²) in [7, 11) is 1.92. The summed E-state index contributed by atoms with van der Waals surface area (Å²) < 4.78 is 5.80. The molecule has 0 saturated carbocycles. The lowest BCUT2D eigenvalue weighted by atomic mass is 10.2. The van der Waals surface area contributed by atoms with Gasteiger partial charge in [0.25, 0.3) is 0 Å². The van der Waals surface area contributed by atoms with Crippen LogP contribution in [0.3, 0.4) is 0 Å². The van der Waals surface area contributed by atoms with Gasteiger partial charge in [0.15, 0.2) is 0 Å². The molecule has 4 heteroatoms. The summed E-state index contributed by atoms with van der Waals surface area (Å²) in [6, 6.07) is 17.9. The average Bonchev–Trinajstić information content (AvgIpc) is 2.52. The van der Waals surface area contributed by atoms with Gasteiger partial charge in [-0.3, -0.25) is 4.79 Å². The third kappa shape index (κ3) is 5.58. The Labute approximate surface area is 131 Å². The van der Waals surface area contributed by atoms with Gasteiger partial charge in [-0.2, -0.15) is 0 Å². The highest BCUT2D eigenvalue weighted by Gasteiger charge is 2.05. The van der Waals surface area contributed by atoms with Crippen LogP contribution in [0.1, 0.15) is 17.5 Å². The van der Waals surface area contributed by atoms with Crippen LogP contribution in [0.5, 0.6) is 5.75 Å². The number of aliphatic carboxylic acids is 1. The first-order chi connectivity index (χ1) is 10.6. The second-order valence-electron chi connectivity index (χ2n) is 5.30. The summed E-state index contributed by atoms with van der Waals surface area (Å²) in [5.74, 6) is 0.0554. The molecular formula is C18H21NO3. The summed E-state index contributed by atoms with van der Waals surface area (Å²) in [6.45, 7) is 1.78. The molecule has 2 aromatic carbocycles. The van der Waals surface area contributed by atoms with Gasteiger partial charge in [0.1, 0.15) is 12.4 Å². The molecule has 0 amide bonds. The number of carbonyl (C=O) groups is 1. The molecule has 0 unspecified atom stereocenters. The zero-order valence-electron chi connectivity index (χ0n) is 12.7. The average molecular weight is 299 g/mol. The summed E-state index contributed by atoms with van der Waals surface area (Å²) in [4.78, 5) is 12.6. The number of nitrogens with zero attached hydrogens (tertiary/aromatic N) is 1. The van der Waals surface area contributed by atoms with Crippen LogP contribution < -0.4 is 4.74 Å². The van der Waals surface area contributed by atoms with Gasteiger partial charge in [0.2, 0.25) is 0 Å². The molecule has 2 rings (SSSR count). The Morgan fingerprint density at radius 3 is 2.55 bits per heavy atom. The van der Waals surface area contributed by atoms with Gasteiger partial charge >= 0.3 is 5.97 Å². The molecule has 22 heavy (non-hydrogen) atoms. The monoisotopic (exact) mass is 299 g/mol. The SMILES string of the molecule is CN(CCC(=O)O)Cc1cccc(OCc2ccccc2)c1. The molecule has 0 fully saturated rings. The van der Waals surface area contributed by atoms with Crippen molar-refractivity contribution in [3.63, 3.8) is 0 Å². The molecule has 0 atom stereocenters. The highest BCUT2D eigenvalue weighted by molar-refractivity contribution is 5.66. The van der Waals surface area contributed by atoms with E-state index in [1.54, 1.807) is 0 Å². The fourth-order valence-corrected chi connectivity index (χ4v) is 2.15. The number of ether oxygens (including phenoxy) is 1. The van der Waals surface area contributed by atoms with Gasteiger partial charge in [-0.15, -0.1) is 0 Å². The molecule has 0 aromatic heterocycles.